The molecule has 0 aromatic carbocycles. The second-order valence-electron chi connectivity index (χ2n) is 10.5. The predicted molar refractivity (Wildman–Crippen MR) is 139 cm³/mol. The summed E-state index contributed by atoms with van der Waals surface area (Å²) >= 11 is 1.25. The molecule has 4 aliphatic heterocycles. The molecule has 0 unspecified atom stereocenters. The third-order valence-corrected chi connectivity index (χ3v) is 9.31. The van der Waals surface area contributed by atoms with Crippen molar-refractivity contribution in [3.8, 4) is 0 Å². The van der Waals surface area contributed by atoms with Gasteiger partial charge in [0.25, 0.3) is 0 Å². The molecule has 6 rings (SSSR count). The number of rotatable bonds is 3. The molecule has 3 N–H and O–H groups in total. The van der Waals surface area contributed by atoms with Crippen LogP contribution in [0.3, 0.4) is 0 Å². The number of esters is 1. The highest BCUT2D eigenvalue weighted by molar-refractivity contribution is 8.03. The number of carboxylic acid groups (broad SMARTS) is 1. The van der Waals surface area contributed by atoms with Gasteiger partial charge in [-0.2, -0.15) is 0 Å². The van der Waals surface area contributed by atoms with Gasteiger partial charge in [-0.3, -0.25) is 14.4 Å². The number of aliphatic hydroxyl groups excluding tert-OH is 1. The molecule has 6 atom stereocenters. The fourth-order valence-electron chi connectivity index (χ4n) is 5.97. The summed E-state index contributed by atoms with van der Waals surface area (Å²) in [6, 6.07) is -0.904. The van der Waals surface area contributed by atoms with E-state index >= 15 is 0 Å². The Morgan fingerprint density at radius 2 is 1.90 bits per heavy atom. The molecule has 2 saturated heterocycles. The number of ketones is 3. The van der Waals surface area contributed by atoms with Crippen molar-refractivity contribution in [1.29, 1.82) is 0 Å². The number of allylic oxidation sites excluding steroid dienone is 8. The second-order valence-corrected chi connectivity index (χ2v) is 11.5. The lowest BCUT2D eigenvalue weighted by Crippen LogP contribution is -2.66. The number of ether oxygens (including phenoxy) is 3. The predicted octanol–water partition coefficient (Wildman–Crippen LogP) is 0.574. The van der Waals surface area contributed by atoms with Gasteiger partial charge in [0.05, 0.1) is 16.7 Å². The summed E-state index contributed by atoms with van der Waals surface area (Å²) in [7, 11) is 0. The van der Waals surface area contributed by atoms with Crippen LogP contribution in [0.5, 0.6) is 0 Å². The molecule has 0 bridgehead atoms. The summed E-state index contributed by atoms with van der Waals surface area (Å²) in [5, 5.41) is 33.2. The smallest absolute Gasteiger partial charge is 0.333 e. The molecule has 0 aromatic rings. The fourth-order valence-corrected chi connectivity index (χ4v) is 7.19. The lowest BCUT2D eigenvalue weighted by molar-refractivity contribution is -0.301. The van der Waals surface area contributed by atoms with Crippen LogP contribution in [0.1, 0.15) is 27.7 Å². The monoisotopic (exact) mass is 583 g/mol. The highest BCUT2D eigenvalue weighted by Gasteiger charge is 2.66. The van der Waals surface area contributed by atoms with Crippen LogP contribution in [0.25, 0.3) is 0 Å². The number of carbonyl (C=O) groups is 5. The van der Waals surface area contributed by atoms with Gasteiger partial charge >= 0.3 is 11.9 Å². The fraction of sp³-hybridized carbons (Fsp3) is 0.393. The van der Waals surface area contributed by atoms with E-state index in [1.165, 1.54) is 36.6 Å². The molecule has 12 nitrogen and oxygen atoms in total. The van der Waals surface area contributed by atoms with E-state index in [1.54, 1.807) is 19.9 Å². The second kappa shape index (κ2) is 9.11. The van der Waals surface area contributed by atoms with Crippen molar-refractivity contribution in [2.45, 2.75) is 63.9 Å². The van der Waals surface area contributed by atoms with Crippen LogP contribution in [0.15, 0.2) is 68.2 Å². The number of Topliss-reactive ketones (excluding diaryl/α,β-unsaturated/α-hetero) is 2. The molecule has 0 saturated carbocycles. The number of carbonyl (C=O) groups excluding carboxylic acids is 4. The number of hydrogen-bond acceptors (Lipinski definition) is 12. The molecule has 2 aliphatic carbocycles. The number of aliphatic carboxylic acids is 1. The van der Waals surface area contributed by atoms with Crippen molar-refractivity contribution in [2.75, 3.05) is 5.75 Å². The first-order valence-electron chi connectivity index (χ1n) is 12.8. The molecule has 13 heteroatoms. The van der Waals surface area contributed by atoms with Crippen molar-refractivity contribution in [2.24, 2.45) is 0 Å². The SMILES string of the molecule is C/C=C(/C)C(=O)O[C@@H]1[C@@H](O)[C@]2(O)C3=C(O[C@@H]2O[C@@H]1C)C(=O)C1=C2C=C4SC[C@@H](C(=O)O)N4C(C)=C2C(=O)C1=CC3=O. The Morgan fingerprint density at radius 3 is 2.56 bits per heavy atom. The topological polar surface area (TPSA) is 177 Å². The van der Waals surface area contributed by atoms with Crippen molar-refractivity contribution < 1.29 is 53.5 Å². The van der Waals surface area contributed by atoms with E-state index in [0.29, 0.717) is 10.7 Å². The zero-order valence-corrected chi connectivity index (χ0v) is 23.1. The molecule has 0 spiro atoms. The minimum Gasteiger partial charge on any atom is -0.480 e. The van der Waals surface area contributed by atoms with Gasteiger partial charge < -0.3 is 34.4 Å². The Hall–Kier alpha value is -3.78. The summed E-state index contributed by atoms with van der Waals surface area (Å²) in [6.07, 6.45) is -2.07. The van der Waals surface area contributed by atoms with E-state index in [9.17, 15) is 39.3 Å². The van der Waals surface area contributed by atoms with Crippen LogP contribution in [0.2, 0.25) is 0 Å². The number of hydrogen-bond donors (Lipinski definition) is 3. The number of thioether (sulfide) groups is 1. The van der Waals surface area contributed by atoms with Gasteiger partial charge in [-0.15, -0.1) is 11.8 Å². The van der Waals surface area contributed by atoms with E-state index in [1.807, 2.05) is 0 Å². The van der Waals surface area contributed by atoms with Crippen molar-refractivity contribution in [1.82, 2.24) is 4.90 Å². The lowest BCUT2D eigenvalue weighted by atomic mass is 9.79. The molecule has 6 aliphatic rings. The molecular weight excluding hydrogens is 558 g/mol. The molecule has 2 fully saturated rings. The maximum Gasteiger partial charge on any atom is 0.333 e. The minimum absolute atomic E-state index is 0.0966. The van der Waals surface area contributed by atoms with Gasteiger partial charge in [0.2, 0.25) is 12.1 Å². The van der Waals surface area contributed by atoms with Crippen LogP contribution in [0.4, 0.5) is 0 Å². The van der Waals surface area contributed by atoms with Crippen molar-refractivity contribution in [3.63, 3.8) is 0 Å². The zero-order chi connectivity index (χ0) is 29.7. The van der Waals surface area contributed by atoms with Gasteiger partial charge in [0.15, 0.2) is 29.0 Å². The van der Waals surface area contributed by atoms with Crippen molar-refractivity contribution in [3.05, 3.63) is 68.2 Å². The first kappa shape index (κ1) is 27.4. The summed E-state index contributed by atoms with van der Waals surface area (Å²) in [5.41, 5.74) is -2.69. The highest BCUT2D eigenvalue weighted by Crippen LogP contribution is 2.52. The van der Waals surface area contributed by atoms with E-state index in [0.717, 1.165) is 6.08 Å². The number of carboxylic acids is 1. The van der Waals surface area contributed by atoms with Crippen LogP contribution in [-0.4, -0.2) is 91.5 Å². The normalized spacial score (nSPS) is 34.4. The quantitative estimate of drug-likeness (QED) is 0.311. The summed E-state index contributed by atoms with van der Waals surface area (Å²) < 4.78 is 16.8. The Kier molecular flexibility index (Phi) is 6.09. The van der Waals surface area contributed by atoms with Crippen LogP contribution in [0, 0.1) is 0 Å². The Morgan fingerprint density at radius 1 is 1.20 bits per heavy atom. The molecule has 214 valence electrons. The average Bonchev–Trinajstić information content (AvgIpc) is 3.55. The van der Waals surface area contributed by atoms with Crippen LogP contribution < -0.4 is 0 Å². The van der Waals surface area contributed by atoms with E-state index < -0.39 is 76.9 Å². The maximum absolute atomic E-state index is 14.0. The average molecular weight is 584 g/mol. The number of fused-ring (bicyclic) bond motifs is 5. The Bertz CT molecular complexity index is 1580. The third kappa shape index (κ3) is 3.56. The van der Waals surface area contributed by atoms with E-state index in [4.69, 9.17) is 14.2 Å². The zero-order valence-electron chi connectivity index (χ0n) is 22.3. The van der Waals surface area contributed by atoms with Crippen molar-refractivity contribution >= 4 is 41.1 Å². The van der Waals surface area contributed by atoms with Crippen LogP contribution in [-0.2, 0) is 38.2 Å². The summed E-state index contributed by atoms with van der Waals surface area (Å²) in [4.78, 5) is 67.0. The molecular formula is C28H25NO11S. The Labute approximate surface area is 237 Å². The lowest BCUT2D eigenvalue weighted by Gasteiger charge is -2.45. The van der Waals surface area contributed by atoms with Crippen LogP contribution >= 0.6 is 11.8 Å². The number of nitrogens with zero attached hydrogens (tertiary/aromatic N) is 1. The molecule has 4 heterocycles. The van der Waals surface area contributed by atoms with Gasteiger partial charge in [-0.1, -0.05) is 6.08 Å². The minimum atomic E-state index is -2.60. The maximum atomic E-state index is 14.0. The Balaban J connectivity index is 1.46. The summed E-state index contributed by atoms with van der Waals surface area (Å²) in [5.74, 6) is -4.69. The van der Waals surface area contributed by atoms with Gasteiger partial charge in [-0.25, -0.2) is 9.59 Å². The van der Waals surface area contributed by atoms with Gasteiger partial charge in [0.1, 0.15) is 12.1 Å². The highest BCUT2D eigenvalue weighted by atomic mass is 32.2. The standard InChI is InChI=1S/C28H25NO11S/c1-5-9(2)26(36)39-22-11(4)38-27-28(37,24(22)33)19-15(30)6-13-18(21(32)23(19)40-27)12-7-16-29(10(3)17(12)20(13)31)14(8-41-16)25(34)35/h5-7,11,14,22,24,27,33,37H,8H2,1-4H3,(H,34,35)/b9-5-/t11-,14+,22+,24-,27+,28-/m1/s1. The third-order valence-electron chi connectivity index (χ3n) is 8.22. The summed E-state index contributed by atoms with van der Waals surface area (Å²) in [6.45, 7) is 6.18. The molecule has 0 radical (unpaired) electrons. The van der Waals surface area contributed by atoms with Gasteiger partial charge in [0, 0.05) is 39.3 Å². The molecule has 41 heavy (non-hydrogen) atoms. The van der Waals surface area contributed by atoms with E-state index in [2.05, 4.69) is 0 Å². The first-order valence-corrected chi connectivity index (χ1v) is 13.8. The molecule has 0 amide bonds. The first-order chi connectivity index (χ1) is 19.3. The largest absolute Gasteiger partial charge is 0.480 e. The molecule has 0 aromatic heterocycles. The van der Waals surface area contributed by atoms with Gasteiger partial charge in [-0.05, 0) is 39.8 Å². The van der Waals surface area contributed by atoms with E-state index in [-0.39, 0.29) is 33.6 Å². The number of aliphatic hydroxyl groups is 2.